The van der Waals surface area contributed by atoms with Crippen molar-refractivity contribution in [3.63, 3.8) is 0 Å². The third kappa shape index (κ3) is 2.40. The van der Waals surface area contributed by atoms with Crippen LogP contribution in [0.4, 0.5) is 0 Å². The van der Waals surface area contributed by atoms with Crippen LogP contribution >= 0.6 is 0 Å². The van der Waals surface area contributed by atoms with Crippen LogP contribution in [0.1, 0.15) is 0 Å². The molecule has 0 unspecified atom stereocenters. The van der Waals surface area contributed by atoms with Crippen LogP contribution in [0, 0.1) is 0 Å². The smallest absolute Gasteiger partial charge is 0.0671 e. The number of rotatable bonds is 1. The molecule has 0 spiro atoms. The predicted molar refractivity (Wildman–Crippen MR) is 49.3 cm³/mol. The quantitative estimate of drug-likeness (QED) is 0.523. The predicted octanol–water partition coefficient (Wildman–Crippen LogP) is 1.27. The van der Waals surface area contributed by atoms with Gasteiger partial charge in [-0.25, -0.2) is 0 Å². The lowest BCUT2D eigenvalue weighted by Gasteiger charge is -1.99. The second-order valence-corrected chi connectivity index (χ2v) is 4.94. The first kappa shape index (κ1) is 9.50. The summed E-state index contributed by atoms with van der Waals surface area (Å²) in [4.78, 5) is 0. The summed E-state index contributed by atoms with van der Waals surface area (Å²) < 4.78 is 0. The van der Waals surface area contributed by atoms with Crippen LogP contribution in [-0.4, -0.2) is 17.2 Å². The van der Waals surface area contributed by atoms with Crippen LogP contribution in [0.5, 0.6) is 0 Å². The molecular weight excluding hydrogens is 135 g/mol. The van der Waals surface area contributed by atoms with Crippen LogP contribution in [-0.2, 0) is 0 Å². The molecule has 0 aliphatic carbocycles. The van der Waals surface area contributed by atoms with Gasteiger partial charge in [0.05, 0.1) is 8.80 Å². The van der Waals surface area contributed by atoms with Crippen LogP contribution in [0.2, 0.25) is 13.1 Å². The molecule has 0 aromatic heterocycles. The van der Waals surface area contributed by atoms with Gasteiger partial charge in [0.1, 0.15) is 0 Å². The van der Waals surface area contributed by atoms with Gasteiger partial charge in [-0.2, -0.15) is 0 Å². The molecule has 4 radical (unpaired) electrons. The first-order valence-electron chi connectivity index (χ1n) is 3.16. The van der Waals surface area contributed by atoms with Gasteiger partial charge in [-0.15, -0.1) is 0 Å². The van der Waals surface area contributed by atoms with Gasteiger partial charge in [-0.3, -0.25) is 0 Å². The summed E-state index contributed by atoms with van der Waals surface area (Å²) >= 11 is 0. The summed E-state index contributed by atoms with van der Waals surface area (Å²) in [6, 6.07) is 10.7. The highest BCUT2D eigenvalue weighted by molar-refractivity contribution is 6.70. The zero-order valence-electron chi connectivity index (χ0n) is 6.46. The maximum Gasteiger partial charge on any atom is 0.0791 e. The van der Waals surface area contributed by atoms with Crippen molar-refractivity contribution < 1.29 is 0 Å². The Kier molecular flexibility index (Phi) is 4.12. The SMILES string of the molecule is C[Si](C)c1ccccc1.[B]. The highest BCUT2D eigenvalue weighted by Gasteiger charge is 1.95. The van der Waals surface area contributed by atoms with Crippen molar-refractivity contribution in [2.24, 2.45) is 0 Å². The van der Waals surface area contributed by atoms with Gasteiger partial charge < -0.3 is 0 Å². The Balaban J connectivity index is 0.000000810. The second kappa shape index (κ2) is 4.34. The average molecular weight is 146 g/mol. The Bertz CT molecular complexity index is 172. The van der Waals surface area contributed by atoms with Crippen molar-refractivity contribution in [3.8, 4) is 0 Å². The molecule has 0 nitrogen and oxygen atoms in total. The number of benzene rings is 1. The molecule has 0 heterocycles. The van der Waals surface area contributed by atoms with E-state index in [9.17, 15) is 0 Å². The van der Waals surface area contributed by atoms with Gasteiger partial charge >= 0.3 is 0 Å². The lowest BCUT2D eigenvalue weighted by molar-refractivity contribution is 1.74. The summed E-state index contributed by atoms with van der Waals surface area (Å²) in [7, 11) is -0.212. The second-order valence-electron chi connectivity index (χ2n) is 2.37. The molecule has 2 heteroatoms. The summed E-state index contributed by atoms with van der Waals surface area (Å²) in [6.07, 6.45) is 0. The van der Waals surface area contributed by atoms with Crippen molar-refractivity contribution in [1.82, 2.24) is 0 Å². The minimum atomic E-state index is -0.212. The van der Waals surface area contributed by atoms with Crippen LogP contribution in [0.25, 0.3) is 0 Å². The zero-order chi connectivity index (χ0) is 6.69. The Labute approximate surface area is 66.5 Å². The minimum absolute atomic E-state index is 0. The molecule has 10 heavy (non-hydrogen) atoms. The molecule has 0 atom stereocenters. The van der Waals surface area contributed by atoms with Crippen LogP contribution < -0.4 is 5.19 Å². The molecule has 50 valence electrons. The van der Waals surface area contributed by atoms with E-state index in [4.69, 9.17) is 0 Å². The van der Waals surface area contributed by atoms with Crippen molar-refractivity contribution in [1.29, 1.82) is 0 Å². The van der Waals surface area contributed by atoms with Gasteiger partial charge in [0.25, 0.3) is 0 Å². The zero-order valence-corrected chi connectivity index (χ0v) is 7.46. The summed E-state index contributed by atoms with van der Waals surface area (Å²) in [5.74, 6) is 0. The fourth-order valence-electron chi connectivity index (χ4n) is 0.771. The van der Waals surface area contributed by atoms with E-state index in [1.165, 1.54) is 5.19 Å². The highest BCUT2D eigenvalue weighted by Crippen LogP contribution is 1.85. The maximum atomic E-state index is 2.31. The van der Waals surface area contributed by atoms with E-state index >= 15 is 0 Å². The molecule has 0 saturated heterocycles. The van der Waals surface area contributed by atoms with E-state index in [0.717, 1.165) is 0 Å². The number of hydrogen-bond donors (Lipinski definition) is 0. The maximum absolute atomic E-state index is 2.31. The molecule has 1 aromatic rings. The van der Waals surface area contributed by atoms with Gasteiger partial charge in [-0.1, -0.05) is 48.6 Å². The summed E-state index contributed by atoms with van der Waals surface area (Å²) in [5.41, 5.74) is 0. The van der Waals surface area contributed by atoms with E-state index in [0.29, 0.717) is 0 Å². The van der Waals surface area contributed by atoms with Gasteiger partial charge in [0, 0.05) is 8.41 Å². The molecule has 0 N–H and O–H groups in total. The average Bonchev–Trinajstić information content (AvgIpc) is 1.90. The van der Waals surface area contributed by atoms with Crippen molar-refractivity contribution >= 4 is 22.4 Å². The largest absolute Gasteiger partial charge is 0.0791 e. The topological polar surface area (TPSA) is 0 Å². The van der Waals surface area contributed by atoms with E-state index in [-0.39, 0.29) is 17.2 Å². The Morgan fingerprint density at radius 2 is 1.50 bits per heavy atom. The Hall–Kier alpha value is -0.498. The Morgan fingerprint density at radius 1 is 1.00 bits per heavy atom. The Morgan fingerprint density at radius 3 is 1.80 bits per heavy atom. The summed E-state index contributed by atoms with van der Waals surface area (Å²) in [6.45, 7) is 4.61. The molecule has 0 amide bonds. The van der Waals surface area contributed by atoms with Crippen LogP contribution in [0.15, 0.2) is 30.3 Å². The highest BCUT2D eigenvalue weighted by atomic mass is 28.3. The van der Waals surface area contributed by atoms with Gasteiger partial charge in [0.15, 0.2) is 0 Å². The molecule has 1 rings (SSSR count). The standard InChI is InChI=1S/C8H11Si.B/c1-9(2)8-6-4-3-5-7-8;/h3-7H,1-2H3;. The van der Waals surface area contributed by atoms with Gasteiger partial charge in [-0.05, 0) is 0 Å². The third-order valence-corrected chi connectivity index (χ3v) is 2.84. The minimum Gasteiger partial charge on any atom is -0.0671 e. The van der Waals surface area contributed by atoms with Crippen molar-refractivity contribution in [3.05, 3.63) is 30.3 Å². The normalized spacial score (nSPS) is 9.10. The third-order valence-electron chi connectivity index (χ3n) is 1.35. The molecule has 0 aliphatic heterocycles. The molecule has 0 saturated carbocycles. The molecule has 0 bridgehead atoms. The fourth-order valence-corrected chi connectivity index (χ4v) is 1.63. The van der Waals surface area contributed by atoms with E-state index in [1.807, 2.05) is 0 Å². The van der Waals surface area contributed by atoms with E-state index in [2.05, 4.69) is 43.4 Å². The van der Waals surface area contributed by atoms with Crippen molar-refractivity contribution in [2.45, 2.75) is 13.1 Å². The van der Waals surface area contributed by atoms with Crippen molar-refractivity contribution in [2.75, 3.05) is 0 Å². The first-order valence-corrected chi connectivity index (χ1v) is 5.66. The van der Waals surface area contributed by atoms with E-state index < -0.39 is 0 Å². The fraction of sp³-hybridized carbons (Fsp3) is 0.250. The van der Waals surface area contributed by atoms with E-state index in [1.54, 1.807) is 0 Å². The molecule has 1 aromatic carbocycles. The first-order chi connectivity index (χ1) is 4.30. The molecule has 0 fully saturated rings. The lowest BCUT2D eigenvalue weighted by Crippen LogP contribution is -2.21. The molecule has 0 aliphatic rings. The van der Waals surface area contributed by atoms with Crippen LogP contribution in [0.3, 0.4) is 0 Å². The number of hydrogen-bond acceptors (Lipinski definition) is 0. The monoisotopic (exact) mass is 146 g/mol. The molecular formula is C8H11BSi. The summed E-state index contributed by atoms with van der Waals surface area (Å²) in [5, 5.41) is 1.52. The lowest BCUT2D eigenvalue weighted by atomic mass is 10.4. The van der Waals surface area contributed by atoms with Gasteiger partial charge in [0.2, 0.25) is 0 Å².